The molecule has 1 heterocycles. The third-order valence-electron chi connectivity index (χ3n) is 3.14. The highest BCUT2D eigenvalue weighted by atomic mass is 79.9. The monoisotopic (exact) mass is 311 g/mol. The molecule has 2 rings (SSSR count). The van der Waals surface area contributed by atoms with Gasteiger partial charge >= 0.3 is 0 Å². The second-order valence-electron chi connectivity index (χ2n) is 4.68. The van der Waals surface area contributed by atoms with E-state index in [1.165, 1.54) is 5.56 Å². The van der Waals surface area contributed by atoms with E-state index in [2.05, 4.69) is 33.4 Å². The molecule has 0 radical (unpaired) electrons. The van der Waals surface area contributed by atoms with Crippen molar-refractivity contribution >= 4 is 21.8 Å². The highest BCUT2D eigenvalue weighted by molar-refractivity contribution is 9.08. The largest absolute Gasteiger partial charge is 0.365 e. The average Bonchev–Trinajstić information content (AvgIpc) is 2.83. The summed E-state index contributed by atoms with van der Waals surface area (Å²) in [5.74, 6) is 0.00333. The van der Waals surface area contributed by atoms with Gasteiger partial charge in [0, 0.05) is 11.9 Å². The summed E-state index contributed by atoms with van der Waals surface area (Å²) in [6.45, 7) is 2.57. The van der Waals surface area contributed by atoms with Crippen LogP contribution >= 0.6 is 15.9 Å². The van der Waals surface area contributed by atoms with Crippen molar-refractivity contribution in [1.29, 1.82) is 0 Å². The Balaban J connectivity index is 1.85. The molecule has 18 heavy (non-hydrogen) atoms. The number of nitrogens with one attached hydrogen (secondary N) is 1. The van der Waals surface area contributed by atoms with Gasteiger partial charge in [-0.05, 0) is 30.9 Å². The number of halogens is 1. The van der Waals surface area contributed by atoms with Crippen molar-refractivity contribution < 1.29 is 9.53 Å². The van der Waals surface area contributed by atoms with Crippen LogP contribution in [0.25, 0.3) is 0 Å². The van der Waals surface area contributed by atoms with Crippen LogP contribution in [0.2, 0.25) is 0 Å². The Morgan fingerprint density at radius 2 is 2.22 bits per heavy atom. The Hall–Kier alpha value is -0.870. The van der Waals surface area contributed by atoms with Crippen LogP contribution in [0, 0.1) is 0 Å². The highest BCUT2D eigenvalue weighted by Crippen LogP contribution is 2.19. The Morgan fingerprint density at radius 3 is 2.89 bits per heavy atom. The molecule has 0 saturated carbocycles. The second-order valence-corrected chi connectivity index (χ2v) is 5.24. The molecule has 1 amide bonds. The van der Waals surface area contributed by atoms with Crippen molar-refractivity contribution in [2.24, 2.45) is 0 Å². The zero-order valence-electron chi connectivity index (χ0n) is 10.5. The summed E-state index contributed by atoms with van der Waals surface area (Å²) in [5, 5.41) is 3.76. The maximum absolute atomic E-state index is 11.9. The number of benzene rings is 1. The van der Waals surface area contributed by atoms with E-state index in [-0.39, 0.29) is 18.1 Å². The first-order valence-corrected chi connectivity index (χ1v) is 7.38. The molecule has 0 bridgehead atoms. The number of hydrogen-bond donors (Lipinski definition) is 1. The van der Waals surface area contributed by atoms with Crippen molar-refractivity contribution in [1.82, 2.24) is 5.32 Å². The van der Waals surface area contributed by atoms with Crippen LogP contribution in [0.15, 0.2) is 24.3 Å². The van der Waals surface area contributed by atoms with E-state index in [0.29, 0.717) is 6.54 Å². The fraction of sp³-hybridized carbons (Fsp3) is 0.500. The molecule has 98 valence electrons. The maximum atomic E-state index is 11.9. The second kappa shape index (κ2) is 6.34. The van der Waals surface area contributed by atoms with Crippen molar-refractivity contribution in [2.45, 2.75) is 43.8 Å². The summed E-state index contributed by atoms with van der Waals surface area (Å²) in [5.41, 5.74) is 2.33. The van der Waals surface area contributed by atoms with Crippen LogP contribution in [0.4, 0.5) is 0 Å². The quantitative estimate of drug-likeness (QED) is 0.868. The summed E-state index contributed by atoms with van der Waals surface area (Å²) in [6.07, 6.45) is 1.74. The van der Waals surface area contributed by atoms with Crippen molar-refractivity contribution in [3.63, 3.8) is 0 Å². The summed E-state index contributed by atoms with van der Waals surface area (Å²) in [6, 6.07) is 8.17. The first-order valence-electron chi connectivity index (χ1n) is 6.26. The molecule has 1 fully saturated rings. The summed E-state index contributed by atoms with van der Waals surface area (Å²) in [7, 11) is 0. The number of ether oxygens (including phenoxy) is 1. The molecule has 2 unspecified atom stereocenters. The average molecular weight is 312 g/mol. The van der Waals surface area contributed by atoms with Gasteiger partial charge in [0.15, 0.2) is 0 Å². The zero-order valence-corrected chi connectivity index (χ0v) is 12.1. The molecule has 1 saturated heterocycles. The van der Waals surface area contributed by atoms with Gasteiger partial charge in [-0.2, -0.15) is 0 Å². The normalized spacial score (nSPS) is 23.0. The predicted octanol–water partition coefficient (Wildman–Crippen LogP) is 2.77. The third-order valence-corrected chi connectivity index (χ3v) is 3.78. The molecule has 1 aliphatic rings. The Kier molecular flexibility index (Phi) is 4.78. The molecule has 1 aliphatic heterocycles. The van der Waals surface area contributed by atoms with E-state index in [1.807, 2.05) is 19.1 Å². The number of amides is 1. The minimum absolute atomic E-state index is 0.00333. The number of hydrogen-bond acceptors (Lipinski definition) is 2. The smallest absolute Gasteiger partial charge is 0.249 e. The lowest BCUT2D eigenvalue weighted by Crippen LogP contribution is -2.34. The topological polar surface area (TPSA) is 38.3 Å². The molecule has 4 heteroatoms. The number of alkyl halides is 1. The number of carbonyl (C=O) groups excluding carboxylic acids is 1. The van der Waals surface area contributed by atoms with Gasteiger partial charge in [-0.3, -0.25) is 4.79 Å². The van der Waals surface area contributed by atoms with Gasteiger partial charge in [-0.1, -0.05) is 40.2 Å². The SMILES string of the molecule is CC1CCC(C(=O)NCc2cccc(CBr)c2)O1. The van der Waals surface area contributed by atoms with Gasteiger partial charge in [0.2, 0.25) is 5.91 Å². The van der Waals surface area contributed by atoms with Crippen LogP contribution in [-0.2, 0) is 21.4 Å². The Morgan fingerprint density at radius 1 is 1.44 bits per heavy atom. The summed E-state index contributed by atoms with van der Waals surface area (Å²) < 4.78 is 5.54. The molecular weight excluding hydrogens is 294 g/mol. The van der Waals surface area contributed by atoms with Gasteiger partial charge in [0.05, 0.1) is 6.10 Å². The van der Waals surface area contributed by atoms with Gasteiger partial charge in [0.25, 0.3) is 0 Å². The molecule has 1 aromatic rings. The third kappa shape index (κ3) is 3.56. The van der Waals surface area contributed by atoms with E-state index in [4.69, 9.17) is 4.74 Å². The maximum Gasteiger partial charge on any atom is 0.249 e. The number of carbonyl (C=O) groups is 1. The van der Waals surface area contributed by atoms with Crippen molar-refractivity contribution in [3.05, 3.63) is 35.4 Å². The van der Waals surface area contributed by atoms with Crippen LogP contribution in [-0.4, -0.2) is 18.1 Å². The molecule has 0 aromatic heterocycles. The van der Waals surface area contributed by atoms with Crippen LogP contribution in [0.3, 0.4) is 0 Å². The Labute approximate surface area is 116 Å². The fourth-order valence-corrected chi connectivity index (χ4v) is 2.47. The molecule has 1 aromatic carbocycles. The van der Waals surface area contributed by atoms with E-state index in [0.717, 1.165) is 23.7 Å². The summed E-state index contributed by atoms with van der Waals surface area (Å²) in [4.78, 5) is 11.9. The van der Waals surface area contributed by atoms with Gasteiger partial charge in [-0.15, -0.1) is 0 Å². The van der Waals surface area contributed by atoms with E-state index >= 15 is 0 Å². The van der Waals surface area contributed by atoms with Crippen LogP contribution in [0.1, 0.15) is 30.9 Å². The van der Waals surface area contributed by atoms with Gasteiger partial charge < -0.3 is 10.1 Å². The zero-order chi connectivity index (χ0) is 13.0. The van der Waals surface area contributed by atoms with Crippen LogP contribution < -0.4 is 5.32 Å². The minimum Gasteiger partial charge on any atom is -0.365 e. The first kappa shape index (κ1) is 13.6. The van der Waals surface area contributed by atoms with Crippen molar-refractivity contribution in [3.8, 4) is 0 Å². The van der Waals surface area contributed by atoms with Gasteiger partial charge in [0.1, 0.15) is 6.10 Å². The number of rotatable bonds is 4. The van der Waals surface area contributed by atoms with E-state index in [9.17, 15) is 4.79 Å². The minimum atomic E-state index is -0.264. The predicted molar refractivity (Wildman–Crippen MR) is 74.5 cm³/mol. The van der Waals surface area contributed by atoms with E-state index < -0.39 is 0 Å². The lowest BCUT2D eigenvalue weighted by Gasteiger charge is -2.12. The van der Waals surface area contributed by atoms with E-state index in [1.54, 1.807) is 0 Å². The fourth-order valence-electron chi connectivity index (χ4n) is 2.12. The molecule has 3 nitrogen and oxygen atoms in total. The van der Waals surface area contributed by atoms with Gasteiger partial charge in [-0.25, -0.2) is 0 Å². The Bertz CT molecular complexity index is 422. The van der Waals surface area contributed by atoms with Crippen molar-refractivity contribution in [2.75, 3.05) is 0 Å². The lowest BCUT2D eigenvalue weighted by molar-refractivity contribution is -0.131. The first-order chi connectivity index (χ1) is 8.69. The molecule has 1 N–H and O–H groups in total. The molecule has 0 spiro atoms. The standard InChI is InChI=1S/C14H18BrNO2/c1-10-5-6-13(18-10)14(17)16-9-12-4-2-3-11(7-12)8-15/h2-4,7,10,13H,5-6,8-9H2,1H3,(H,16,17). The molecular formula is C14H18BrNO2. The summed E-state index contributed by atoms with van der Waals surface area (Å²) >= 11 is 3.42. The highest BCUT2D eigenvalue weighted by Gasteiger charge is 2.27. The molecule has 2 atom stereocenters. The lowest BCUT2D eigenvalue weighted by atomic mass is 10.1. The molecule has 0 aliphatic carbocycles. The van der Waals surface area contributed by atoms with Crippen LogP contribution in [0.5, 0.6) is 0 Å².